The van der Waals surface area contributed by atoms with Crippen molar-refractivity contribution in [3.63, 3.8) is 0 Å². The first-order chi connectivity index (χ1) is 18.6. The first-order valence-corrected chi connectivity index (χ1v) is 12.5. The van der Waals surface area contributed by atoms with Crippen LogP contribution in [-0.2, 0) is 15.0 Å². The fourth-order valence-electron chi connectivity index (χ4n) is 6.64. The summed E-state index contributed by atoms with van der Waals surface area (Å²) >= 11 is 0. The quantitative estimate of drug-likeness (QED) is 0.261. The van der Waals surface area contributed by atoms with E-state index in [1.165, 1.54) is 11.1 Å². The van der Waals surface area contributed by atoms with Gasteiger partial charge in [0.15, 0.2) is 0 Å². The van der Waals surface area contributed by atoms with Crippen LogP contribution < -0.4 is 10.3 Å². The average molecular weight is 499 g/mol. The van der Waals surface area contributed by atoms with E-state index in [0.29, 0.717) is 11.3 Å². The molecule has 1 saturated heterocycles. The van der Waals surface area contributed by atoms with Crippen LogP contribution in [0.3, 0.4) is 0 Å². The molecule has 7 nitrogen and oxygen atoms in total. The van der Waals surface area contributed by atoms with Gasteiger partial charge in [0.2, 0.25) is 11.8 Å². The number of amides is 3. The lowest BCUT2D eigenvalue weighted by Gasteiger charge is -2.52. The number of anilines is 1. The maximum Gasteiger partial charge on any atom is 0.272 e. The lowest BCUT2D eigenvalue weighted by atomic mass is 9.47. The molecule has 2 heterocycles. The van der Waals surface area contributed by atoms with Crippen LogP contribution >= 0.6 is 0 Å². The minimum absolute atomic E-state index is 0.211. The average Bonchev–Trinajstić information content (AvgIpc) is 3.24. The van der Waals surface area contributed by atoms with E-state index >= 15 is 0 Å². The minimum Gasteiger partial charge on any atom is -0.274 e. The summed E-state index contributed by atoms with van der Waals surface area (Å²) in [5, 5.41) is 4.42. The maximum absolute atomic E-state index is 14.2. The Balaban J connectivity index is 1.42. The van der Waals surface area contributed by atoms with Crippen molar-refractivity contribution in [3.05, 3.63) is 131 Å². The monoisotopic (exact) mass is 498 g/mol. The van der Waals surface area contributed by atoms with Gasteiger partial charge in [0, 0.05) is 24.5 Å². The smallest absolute Gasteiger partial charge is 0.272 e. The van der Waals surface area contributed by atoms with Gasteiger partial charge in [0.25, 0.3) is 5.91 Å². The second-order valence-corrected chi connectivity index (χ2v) is 9.81. The summed E-state index contributed by atoms with van der Waals surface area (Å²) in [6.45, 7) is 0. The van der Waals surface area contributed by atoms with Crippen molar-refractivity contribution in [2.24, 2.45) is 16.9 Å². The van der Waals surface area contributed by atoms with E-state index in [1.807, 2.05) is 66.7 Å². The third-order valence-corrected chi connectivity index (χ3v) is 8.06. The van der Waals surface area contributed by atoms with Gasteiger partial charge in [-0.1, -0.05) is 66.7 Å². The standard InChI is InChI=1S/C31H22N4O3/c36-28(19-9-8-16-32-17-19)34-33-18-31-23-14-6-4-12-21(23)25(22-13-5-7-15-24(22)31)26-27(31)30(38)35(29(26)37)20-10-2-1-3-11-20/h1-18,25-27H,(H,34,36)/b33-18+. The van der Waals surface area contributed by atoms with Crippen molar-refractivity contribution in [3.8, 4) is 0 Å². The molecule has 1 N–H and O–H groups in total. The zero-order valence-electron chi connectivity index (χ0n) is 20.2. The Morgan fingerprint density at radius 3 is 2.16 bits per heavy atom. The number of imide groups is 1. The van der Waals surface area contributed by atoms with E-state index in [1.54, 1.807) is 36.7 Å². The van der Waals surface area contributed by atoms with E-state index in [0.717, 1.165) is 22.3 Å². The minimum atomic E-state index is -1.04. The van der Waals surface area contributed by atoms with Crippen molar-refractivity contribution in [2.45, 2.75) is 11.3 Å². The summed E-state index contributed by atoms with van der Waals surface area (Å²) in [5.74, 6) is -2.43. The van der Waals surface area contributed by atoms with Gasteiger partial charge in [-0.3, -0.25) is 19.4 Å². The van der Waals surface area contributed by atoms with E-state index < -0.39 is 23.2 Å². The lowest BCUT2D eigenvalue weighted by molar-refractivity contribution is -0.122. The number of hydrazone groups is 1. The molecule has 8 rings (SSSR count). The van der Waals surface area contributed by atoms with Crippen LogP contribution in [0.15, 0.2) is 108 Å². The number of aromatic nitrogens is 1. The van der Waals surface area contributed by atoms with Crippen molar-refractivity contribution in [1.82, 2.24) is 10.4 Å². The second-order valence-electron chi connectivity index (χ2n) is 9.81. The van der Waals surface area contributed by atoms with Crippen LogP contribution in [0.1, 0.15) is 38.5 Å². The van der Waals surface area contributed by atoms with Crippen molar-refractivity contribution < 1.29 is 14.4 Å². The van der Waals surface area contributed by atoms with Crippen molar-refractivity contribution in [1.29, 1.82) is 0 Å². The molecule has 0 spiro atoms. The van der Waals surface area contributed by atoms with E-state index in [2.05, 4.69) is 15.5 Å². The molecule has 1 aliphatic heterocycles. The zero-order valence-corrected chi connectivity index (χ0v) is 20.2. The summed E-state index contributed by atoms with van der Waals surface area (Å²) in [5.41, 5.74) is 6.38. The van der Waals surface area contributed by atoms with Crippen LogP contribution in [0.4, 0.5) is 5.69 Å². The maximum atomic E-state index is 14.2. The summed E-state index contributed by atoms with van der Waals surface area (Å²) < 4.78 is 0. The number of pyridine rings is 1. The van der Waals surface area contributed by atoms with Gasteiger partial charge < -0.3 is 0 Å². The van der Waals surface area contributed by atoms with Gasteiger partial charge in [0.05, 0.1) is 28.5 Å². The first-order valence-electron chi connectivity index (χ1n) is 12.5. The highest BCUT2D eigenvalue weighted by atomic mass is 16.2. The fraction of sp³-hybridized carbons (Fsp3) is 0.129. The molecule has 3 aromatic carbocycles. The molecular formula is C31H22N4O3. The Morgan fingerprint density at radius 1 is 0.842 bits per heavy atom. The van der Waals surface area contributed by atoms with Crippen LogP contribution in [-0.4, -0.2) is 28.9 Å². The fourth-order valence-corrected chi connectivity index (χ4v) is 6.64. The molecule has 4 aliphatic rings. The highest BCUT2D eigenvalue weighted by Gasteiger charge is 2.68. The molecule has 7 heteroatoms. The largest absolute Gasteiger partial charge is 0.274 e. The molecule has 3 aliphatic carbocycles. The molecular weight excluding hydrogens is 476 g/mol. The van der Waals surface area contributed by atoms with E-state index in [-0.39, 0.29) is 17.7 Å². The predicted molar refractivity (Wildman–Crippen MR) is 142 cm³/mol. The zero-order chi connectivity index (χ0) is 25.9. The molecule has 0 radical (unpaired) electrons. The highest BCUT2D eigenvalue weighted by Crippen LogP contribution is 2.63. The second kappa shape index (κ2) is 8.31. The Labute approximate surface area is 218 Å². The van der Waals surface area contributed by atoms with Crippen molar-refractivity contribution in [2.75, 3.05) is 4.90 Å². The number of hydrogen-bond acceptors (Lipinski definition) is 5. The number of rotatable bonds is 4. The molecule has 38 heavy (non-hydrogen) atoms. The van der Waals surface area contributed by atoms with E-state index in [4.69, 9.17) is 0 Å². The molecule has 2 bridgehead atoms. The Morgan fingerprint density at radius 2 is 1.50 bits per heavy atom. The highest BCUT2D eigenvalue weighted by molar-refractivity contribution is 6.25. The number of carbonyl (C=O) groups is 3. The Bertz CT molecular complexity index is 1590. The normalized spacial score (nSPS) is 24.7. The van der Waals surface area contributed by atoms with Crippen LogP contribution in [0.25, 0.3) is 0 Å². The van der Waals surface area contributed by atoms with Gasteiger partial charge in [-0.2, -0.15) is 5.10 Å². The SMILES string of the molecule is O=C(N/N=C/C12c3ccccc3C(c3ccccc31)C1C(=O)N(c3ccccc3)C(=O)C12)c1cccnc1. The Kier molecular flexibility index (Phi) is 4.88. The van der Waals surface area contributed by atoms with Gasteiger partial charge >= 0.3 is 0 Å². The first kappa shape index (κ1) is 22.3. The van der Waals surface area contributed by atoms with Gasteiger partial charge in [-0.25, -0.2) is 10.3 Å². The van der Waals surface area contributed by atoms with E-state index in [9.17, 15) is 14.4 Å². The summed E-state index contributed by atoms with van der Waals surface area (Å²) in [6, 6.07) is 28.3. The summed E-state index contributed by atoms with van der Waals surface area (Å²) in [6.07, 6.45) is 4.72. The van der Waals surface area contributed by atoms with Gasteiger partial charge in [-0.15, -0.1) is 0 Å². The number of nitrogens with one attached hydrogen (secondary N) is 1. The molecule has 2 unspecified atom stereocenters. The molecule has 1 fully saturated rings. The number of para-hydroxylation sites is 1. The van der Waals surface area contributed by atoms with Crippen LogP contribution in [0.5, 0.6) is 0 Å². The third-order valence-electron chi connectivity index (χ3n) is 8.06. The number of nitrogens with zero attached hydrogens (tertiary/aromatic N) is 3. The number of hydrogen-bond donors (Lipinski definition) is 1. The molecule has 0 saturated carbocycles. The lowest BCUT2D eigenvalue weighted by Crippen LogP contribution is -2.54. The van der Waals surface area contributed by atoms with Crippen LogP contribution in [0.2, 0.25) is 0 Å². The number of carbonyl (C=O) groups excluding carboxylic acids is 3. The van der Waals surface area contributed by atoms with Crippen LogP contribution in [0, 0.1) is 11.8 Å². The van der Waals surface area contributed by atoms with Crippen molar-refractivity contribution >= 4 is 29.6 Å². The molecule has 3 amide bonds. The summed E-state index contributed by atoms with van der Waals surface area (Å²) in [4.78, 5) is 46.4. The van der Waals surface area contributed by atoms with Gasteiger partial charge in [-0.05, 0) is 46.5 Å². The summed E-state index contributed by atoms with van der Waals surface area (Å²) in [7, 11) is 0. The molecule has 4 aromatic rings. The Hall–Kier alpha value is -4.91. The molecule has 1 aromatic heterocycles. The third kappa shape index (κ3) is 2.93. The van der Waals surface area contributed by atoms with Gasteiger partial charge in [0.1, 0.15) is 0 Å². The molecule has 184 valence electrons. The topological polar surface area (TPSA) is 91.7 Å². The molecule has 2 atom stereocenters. The number of benzene rings is 3. The predicted octanol–water partition coefficient (Wildman–Crippen LogP) is 4.05.